The first-order valence-electron chi connectivity index (χ1n) is 11.8. The number of amides is 1. The third kappa shape index (κ3) is 4.87. The van der Waals surface area contributed by atoms with Crippen molar-refractivity contribution in [3.8, 4) is 28.3 Å². The zero-order valence-electron chi connectivity index (χ0n) is 20.0. The summed E-state index contributed by atoms with van der Waals surface area (Å²) in [6.07, 6.45) is 0. The third-order valence-corrected chi connectivity index (χ3v) is 6.17. The Kier molecular flexibility index (Phi) is 6.43. The van der Waals surface area contributed by atoms with Crippen LogP contribution in [0.2, 0.25) is 0 Å². The Bertz CT molecular complexity index is 1280. The van der Waals surface area contributed by atoms with E-state index in [1.54, 1.807) is 4.68 Å². The van der Waals surface area contributed by atoms with Crippen LogP contribution >= 0.6 is 0 Å². The molecule has 178 valence electrons. The molecular formula is C27H28N6O2. The SMILES string of the molecule is CCOc1ccc(-c2ccc(N3CCN(C(=O)c4cc(-c5ccccc5)nn4C)CC3)nn2)cc1. The molecule has 1 aliphatic rings. The summed E-state index contributed by atoms with van der Waals surface area (Å²) >= 11 is 0. The molecule has 0 unspecified atom stereocenters. The molecule has 0 spiro atoms. The molecular weight excluding hydrogens is 440 g/mol. The second-order valence-electron chi connectivity index (χ2n) is 8.42. The van der Waals surface area contributed by atoms with Gasteiger partial charge in [0.2, 0.25) is 0 Å². The van der Waals surface area contributed by atoms with Crippen LogP contribution in [0.5, 0.6) is 5.75 Å². The van der Waals surface area contributed by atoms with Crippen LogP contribution in [-0.2, 0) is 7.05 Å². The highest BCUT2D eigenvalue weighted by atomic mass is 16.5. The average molecular weight is 469 g/mol. The van der Waals surface area contributed by atoms with Gasteiger partial charge in [0.25, 0.3) is 5.91 Å². The molecule has 3 heterocycles. The van der Waals surface area contributed by atoms with Gasteiger partial charge in [-0.2, -0.15) is 5.10 Å². The van der Waals surface area contributed by atoms with E-state index in [-0.39, 0.29) is 5.91 Å². The topological polar surface area (TPSA) is 76.4 Å². The van der Waals surface area contributed by atoms with Gasteiger partial charge in [0, 0.05) is 44.4 Å². The van der Waals surface area contributed by atoms with Crippen LogP contribution in [0, 0.1) is 0 Å². The lowest BCUT2D eigenvalue weighted by Crippen LogP contribution is -2.49. The molecule has 1 amide bonds. The number of anilines is 1. The quantitative estimate of drug-likeness (QED) is 0.427. The molecule has 1 fully saturated rings. The van der Waals surface area contributed by atoms with E-state index in [4.69, 9.17) is 4.74 Å². The van der Waals surface area contributed by atoms with Crippen molar-refractivity contribution in [1.29, 1.82) is 0 Å². The van der Waals surface area contributed by atoms with Crippen LogP contribution in [-0.4, -0.2) is 63.6 Å². The predicted molar refractivity (Wildman–Crippen MR) is 135 cm³/mol. The van der Waals surface area contributed by atoms with E-state index in [2.05, 4.69) is 20.2 Å². The summed E-state index contributed by atoms with van der Waals surface area (Å²) in [4.78, 5) is 17.2. The van der Waals surface area contributed by atoms with Crippen molar-refractivity contribution in [2.75, 3.05) is 37.7 Å². The molecule has 2 aromatic heterocycles. The van der Waals surface area contributed by atoms with E-state index in [1.807, 2.05) is 91.7 Å². The first-order chi connectivity index (χ1) is 17.1. The molecule has 35 heavy (non-hydrogen) atoms. The Hall–Kier alpha value is -4.20. The molecule has 0 atom stereocenters. The second-order valence-corrected chi connectivity index (χ2v) is 8.42. The number of aromatic nitrogens is 4. The number of benzene rings is 2. The van der Waals surface area contributed by atoms with Gasteiger partial charge in [0.05, 0.1) is 18.0 Å². The number of hydrogen-bond donors (Lipinski definition) is 0. The van der Waals surface area contributed by atoms with Crippen LogP contribution in [0.15, 0.2) is 72.8 Å². The van der Waals surface area contributed by atoms with Crippen molar-refractivity contribution in [2.24, 2.45) is 7.05 Å². The van der Waals surface area contributed by atoms with E-state index < -0.39 is 0 Å². The fourth-order valence-corrected chi connectivity index (χ4v) is 4.25. The van der Waals surface area contributed by atoms with Crippen LogP contribution in [0.4, 0.5) is 5.82 Å². The number of rotatable bonds is 6. The van der Waals surface area contributed by atoms with E-state index in [0.29, 0.717) is 38.5 Å². The fraction of sp³-hybridized carbons (Fsp3) is 0.259. The second kappa shape index (κ2) is 9.97. The standard InChI is InChI=1S/C27H28N6O2/c1-3-35-22-11-9-21(10-12-22)23-13-14-26(29-28-23)32-15-17-33(18-16-32)27(34)25-19-24(30-31(25)2)20-7-5-4-6-8-20/h4-14,19H,3,15-18H2,1-2H3. The number of hydrogen-bond acceptors (Lipinski definition) is 6. The molecule has 0 bridgehead atoms. The molecule has 0 radical (unpaired) electrons. The van der Waals surface area contributed by atoms with Crippen LogP contribution in [0.1, 0.15) is 17.4 Å². The Morgan fingerprint density at radius 3 is 2.23 bits per heavy atom. The van der Waals surface area contributed by atoms with Crippen molar-refractivity contribution in [2.45, 2.75) is 6.92 Å². The predicted octanol–water partition coefficient (Wildman–Crippen LogP) is 3.91. The maximum Gasteiger partial charge on any atom is 0.272 e. The highest BCUT2D eigenvalue weighted by Gasteiger charge is 2.25. The molecule has 0 N–H and O–H groups in total. The molecule has 8 heteroatoms. The Morgan fingerprint density at radius 2 is 1.57 bits per heavy atom. The monoisotopic (exact) mass is 468 g/mol. The molecule has 1 saturated heterocycles. The summed E-state index contributed by atoms with van der Waals surface area (Å²) in [6.45, 7) is 5.25. The molecule has 5 rings (SSSR count). The summed E-state index contributed by atoms with van der Waals surface area (Å²) < 4.78 is 7.17. The van der Waals surface area contributed by atoms with E-state index in [1.165, 1.54) is 0 Å². The third-order valence-electron chi connectivity index (χ3n) is 6.17. The van der Waals surface area contributed by atoms with Gasteiger partial charge >= 0.3 is 0 Å². The minimum atomic E-state index is -0.00115. The largest absolute Gasteiger partial charge is 0.494 e. The number of carbonyl (C=O) groups is 1. The highest BCUT2D eigenvalue weighted by molar-refractivity contribution is 5.94. The molecule has 8 nitrogen and oxygen atoms in total. The number of carbonyl (C=O) groups excluding carboxylic acids is 1. The molecule has 2 aromatic carbocycles. The Morgan fingerprint density at radius 1 is 0.857 bits per heavy atom. The summed E-state index contributed by atoms with van der Waals surface area (Å²) in [6, 6.07) is 23.6. The zero-order valence-corrected chi connectivity index (χ0v) is 20.0. The fourth-order valence-electron chi connectivity index (χ4n) is 4.25. The van der Waals surface area contributed by atoms with Crippen molar-refractivity contribution in [3.05, 3.63) is 78.5 Å². The van der Waals surface area contributed by atoms with E-state index in [9.17, 15) is 4.79 Å². The highest BCUT2D eigenvalue weighted by Crippen LogP contribution is 2.23. The van der Waals surface area contributed by atoms with Gasteiger partial charge < -0.3 is 14.5 Å². The Balaban J connectivity index is 1.21. The average Bonchev–Trinajstić information content (AvgIpc) is 3.31. The Labute approximate surface area is 204 Å². The van der Waals surface area contributed by atoms with Gasteiger partial charge in [0.15, 0.2) is 5.82 Å². The van der Waals surface area contributed by atoms with E-state index >= 15 is 0 Å². The maximum atomic E-state index is 13.2. The van der Waals surface area contributed by atoms with Crippen molar-refractivity contribution < 1.29 is 9.53 Å². The summed E-state index contributed by atoms with van der Waals surface area (Å²) in [7, 11) is 1.82. The summed E-state index contributed by atoms with van der Waals surface area (Å²) in [5, 5.41) is 13.4. The van der Waals surface area contributed by atoms with Gasteiger partial charge in [-0.25, -0.2) is 0 Å². The van der Waals surface area contributed by atoms with Crippen LogP contribution in [0.3, 0.4) is 0 Å². The maximum absolute atomic E-state index is 13.2. The van der Waals surface area contributed by atoms with Gasteiger partial charge in [-0.3, -0.25) is 9.48 Å². The first kappa shape index (κ1) is 22.6. The smallest absolute Gasteiger partial charge is 0.272 e. The molecule has 4 aromatic rings. The van der Waals surface area contributed by atoms with Crippen LogP contribution < -0.4 is 9.64 Å². The first-order valence-corrected chi connectivity index (χ1v) is 11.8. The molecule has 0 saturated carbocycles. The molecule has 1 aliphatic heterocycles. The van der Waals surface area contributed by atoms with Crippen LogP contribution in [0.25, 0.3) is 22.5 Å². The van der Waals surface area contributed by atoms with Crippen molar-refractivity contribution in [1.82, 2.24) is 24.9 Å². The molecule has 0 aliphatic carbocycles. The van der Waals surface area contributed by atoms with Gasteiger partial charge in [-0.05, 0) is 49.4 Å². The van der Waals surface area contributed by atoms with Gasteiger partial charge in [0.1, 0.15) is 11.4 Å². The van der Waals surface area contributed by atoms with Crippen molar-refractivity contribution in [3.63, 3.8) is 0 Å². The van der Waals surface area contributed by atoms with Crippen molar-refractivity contribution >= 4 is 11.7 Å². The minimum absolute atomic E-state index is 0.00115. The lowest BCUT2D eigenvalue weighted by molar-refractivity contribution is 0.0735. The summed E-state index contributed by atoms with van der Waals surface area (Å²) in [5.41, 5.74) is 4.21. The minimum Gasteiger partial charge on any atom is -0.494 e. The lowest BCUT2D eigenvalue weighted by atomic mass is 10.1. The lowest BCUT2D eigenvalue weighted by Gasteiger charge is -2.35. The number of nitrogens with zero attached hydrogens (tertiary/aromatic N) is 6. The normalized spacial score (nSPS) is 13.7. The number of piperazine rings is 1. The summed E-state index contributed by atoms with van der Waals surface area (Å²) in [5.74, 6) is 1.66. The zero-order chi connectivity index (χ0) is 24.2. The van der Waals surface area contributed by atoms with Gasteiger partial charge in [-0.15, -0.1) is 10.2 Å². The van der Waals surface area contributed by atoms with E-state index in [0.717, 1.165) is 34.1 Å². The number of ether oxygens (including phenoxy) is 1. The van der Waals surface area contributed by atoms with Gasteiger partial charge in [-0.1, -0.05) is 30.3 Å². The number of aryl methyl sites for hydroxylation is 1.